The van der Waals surface area contributed by atoms with Crippen LogP contribution in [0.25, 0.3) is 0 Å². The fraction of sp³-hybridized carbons (Fsp3) is 1.00. The molecule has 1 unspecified atom stereocenters. The third-order valence-corrected chi connectivity index (χ3v) is 1.63. The van der Waals surface area contributed by atoms with Gasteiger partial charge in [-0.3, -0.25) is 0 Å². The van der Waals surface area contributed by atoms with Gasteiger partial charge in [0.2, 0.25) is 0 Å². The molecule has 0 aliphatic carbocycles. The van der Waals surface area contributed by atoms with E-state index in [1.807, 2.05) is 0 Å². The Hall–Kier alpha value is 0.0200. The molecule has 0 spiro atoms. The first-order valence-corrected chi connectivity index (χ1v) is 2.82. The summed E-state index contributed by atoms with van der Waals surface area (Å²) in [5.74, 6) is 0. The summed E-state index contributed by atoms with van der Waals surface area (Å²) in [5, 5.41) is 9.30. The van der Waals surface area contributed by atoms with Crippen LogP contribution in [0.4, 0.5) is 26.3 Å². The van der Waals surface area contributed by atoms with Gasteiger partial charge in [0.1, 0.15) is 0 Å². The molecule has 8 heteroatoms. The molecule has 0 aromatic rings. The van der Waals surface area contributed by atoms with Crippen molar-refractivity contribution in [2.45, 2.75) is 16.9 Å². The highest BCUT2D eigenvalue weighted by atomic mass is 79.9. The molecule has 0 aromatic heterocycles. The summed E-state index contributed by atoms with van der Waals surface area (Å²) in [6.45, 7) is 0. The topological polar surface area (TPSA) is 19.9 Å². The minimum absolute atomic E-state index is 0.969. The van der Waals surface area contributed by atoms with Crippen molar-refractivity contribution in [2.24, 2.45) is 0 Å². The molecule has 1 nitrogen and oxygen atoms in total. The maximum Gasteiger partial charge on any atom is 0.441 e. The molecule has 11 heavy (non-hydrogen) atoms. The Kier molecular flexibility index (Phi) is 2.52. The molecular formula is C3BrF6O. The molecule has 67 valence electrons. The maximum atomic E-state index is 11.8. The molecule has 0 N–H and O–H groups in total. The Morgan fingerprint density at radius 1 is 0.909 bits per heavy atom. The van der Waals surface area contributed by atoms with Gasteiger partial charge in [-0.1, -0.05) is 0 Å². The standard InChI is InChI=1S/C3BrF6O/c4-1(5,2(6,7)8)3(9,10)11. The van der Waals surface area contributed by atoms with E-state index in [2.05, 4.69) is 0 Å². The maximum absolute atomic E-state index is 11.8. The van der Waals surface area contributed by atoms with Gasteiger partial charge in [-0.15, -0.1) is 0 Å². The molecular weight excluding hydrogens is 246 g/mol. The summed E-state index contributed by atoms with van der Waals surface area (Å²) >= 11 is 0.969. The molecule has 0 aliphatic rings. The number of hydrogen-bond donors (Lipinski definition) is 0. The van der Waals surface area contributed by atoms with Crippen molar-refractivity contribution in [3.8, 4) is 0 Å². The number of hydrogen-bond acceptors (Lipinski definition) is 0. The molecule has 0 fully saturated rings. The van der Waals surface area contributed by atoms with E-state index >= 15 is 0 Å². The van der Waals surface area contributed by atoms with Crippen LogP contribution < -0.4 is 0 Å². The van der Waals surface area contributed by atoms with Crippen molar-refractivity contribution < 1.29 is 31.4 Å². The third-order valence-electron chi connectivity index (χ3n) is 0.722. The SMILES string of the molecule is [O]C(F)(F)C(F)(Br)C(F)(F)F. The van der Waals surface area contributed by atoms with Gasteiger partial charge in [-0.05, 0) is 15.9 Å². The van der Waals surface area contributed by atoms with E-state index in [-0.39, 0.29) is 0 Å². The molecule has 0 amide bonds. The van der Waals surface area contributed by atoms with Crippen molar-refractivity contribution in [3.05, 3.63) is 0 Å². The van der Waals surface area contributed by atoms with Crippen LogP contribution in [0, 0.1) is 0 Å². The summed E-state index contributed by atoms with van der Waals surface area (Å²) in [7, 11) is 0. The lowest BCUT2D eigenvalue weighted by molar-refractivity contribution is -0.352. The highest BCUT2D eigenvalue weighted by molar-refractivity contribution is 9.10. The molecule has 0 rings (SSSR count). The molecule has 0 saturated carbocycles. The zero-order chi connectivity index (χ0) is 9.50. The van der Waals surface area contributed by atoms with Crippen molar-refractivity contribution in [1.82, 2.24) is 0 Å². The molecule has 0 aromatic carbocycles. The van der Waals surface area contributed by atoms with Gasteiger partial charge in [0, 0.05) is 0 Å². The van der Waals surface area contributed by atoms with Crippen LogP contribution in [0.2, 0.25) is 0 Å². The minimum atomic E-state index is -5.93. The van der Waals surface area contributed by atoms with Crippen LogP contribution in [0.15, 0.2) is 0 Å². The van der Waals surface area contributed by atoms with E-state index in [4.69, 9.17) is 0 Å². The molecule has 0 aliphatic heterocycles. The van der Waals surface area contributed by atoms with Crippen molar-refractivity contribution >= 4 is 15.9 Å². The van der Waals surface area contributed by atoms with Gasteiger partial charge < -0.3 is 0 Å². The highest BCUT2D eigenvalue weighted by Gasteiger charge is 2.71. The van der Waals surface area contributed by atoms with E-state index < -0.39 is 16.9 Å². The van der Waals surface area contributed by atoms with Crippen molar-refractivity contribution in [3.63, 3.8) is 0 Å². The molecule has 0 bridgehead atoms. The average molecular weight is 246 g/mol. The molecule has 1 atom stereocenters. The van der Waals surface area contributed by atoms with Gasteiger partial charge >= 0.3 is 16.9 Å². The lowest BCUT2D eigenvalue weighted by Crippen LogP contribution is -2.49. The summed E-state index contributed by atoms with van der Waals surface area (Å²) < 4.78 is 62.9. The Morgan fingerprint density at radius 3 is 1.18 bits per heavy atom. The number of alkyl halides is 7. The third kappa shape index (κ3) is 1.98. The first-order valence-electron chi connectivity index (χ1n) is 2.03. The van der Waals surface area contributed by atoms with Crippen LogP contribution in [-0.2, 0) is 5.11 Å². The first kappa shape index (κ1) is 11.0. The first-order chi connectivity index (χ1) is 4.50. The fourth-order valence-corrected chi connectivity index (χ4v) is 0.165. The highest BCUT2D eigenvalue weighted by Crippen LogP contribution is 2.48. The smallest absolute Gasteiger partial charge is 0.211 e. The normalized spacial score (nSPS) is 19.6. The lowest BCUT2D eigenvalue weighted by atomic mass is 10.3. The molecule has 0 heterocycles. The summed E-state index contributed by atoms with van der Waals surface area (Å²) in [5.41, 5.74) is 0. The quantitative estimate of drug-likeness (QED) is 0.500. The lowest BCUT2D eigenvalue weighted by Gasteiger charge is -2.23. The van der Waals surface area contributed by atoms with Gasteiger partial charge in [0.05, 0.1) is 0 Å². The van der Waals surface area contributed by atoms with E-state index in [0.717, 1.165) is 15.9 Å². The second kappa shape index (κ2) is 2.51. The molecule has 0 saturated heterocycles. The van der Waals surface area contributed by atoms with Gasteiger partial charge in [-0.25, -0.2) is 4.39 Å². The zero-order valence-corrected chi connectivity index (χ0v) is 6.14. The summed E-state index contributed by atoms with van der Waals surface area (Å²) in [4.78, 5) is 0. The van der Waals surface area contributed by atoms with E-state index in [0.29, 0.717) is 0 Å². The van der Waals surface area contributed by atoms with Crippen LogP contribution in [0.3, 0.4) is 0 Å². The summed E-state index contributed by atoms with van der Waals surface area (Å²) in [6, 6.07) is 0. The Bertz CT molecular complexity index is 129. The van der Waals surface area contributed by atoms with Crippen LogP contribution in [0.1, 0.15) is 0 Å². The van der Waals surface area contributed by atoms with Crippen LogP contribution >= 0.6 is 15.9 Å². The number of rotatable bonds is 1. The predicted octanol–water partition coefficient (Wildman–Crippen LogP) is 2.63. The Balaban J connectivity index is 4.75. The Labute approximate surface area is 65.1 Å². The number of halogens is 7. The largest absolute Gasteiger partial charge is 0.441 e. The Morgan fingerprint density at radius 2 is 1.18 bits per heavy atom. The van der Waals surface area contributed by atoms with E-state index in [1.165, 1.54) is 0 Å². The van der Waals surface area contributed by atoms with Crippen molar-refractivity contribution in [2.75, 3.05) is 0 Å². The average Bonchev–Trinajstić information content (AvgIpc) is 1.58. The van der Waals surface area contributed by atoms with Gasteiger partial charge in [-0.2, -0.15) is 27.1 Å². The summed E-state index contributed by atoms with van der Waals surface area (Å²) in [6.07, 6.45) is -11.7. The second-order valence-electron chi connectivity index (χ2n) is 1.59. The second-order valence-corrected chi connectivity index (χ2v) is 2.68. The zero-order valence-electron chi connectivity index (χ0n) is 4.55. The van der Waals surface area contributed by atoms with E-state index in [1.54, 1.807) is 0 Å². The van der Waals surface area contributed by atoms with E-state index in [9.17, 15) is 31.4 Å². The minimum Gasteiger partial charge on any atom is -0.211 e. The predicted molar refractivity (Wildman–Crippen MR) is 24.5 cm³/mol. The fourth-order valence-electron chi connectivity index (χ4n) is 0.165. The van der Waals surface area contributed by atoms with Crippen molar-refractivity contribution in [1.29, 1.82) is 0 Å². The molecule has 1 radical (unpaired) electrons. The van der Waals surface area contributed by atoms with Crippen LogP contribution in [-0.4, -0.2) is 16.9 Å². The monoisotopic (exact) mass is 245 g/mol. The van der Waals surface area contributed by atoms with Gasteiger partial charge in [0.15, 0.2) is 0 Å². The van der Waals surface area contributed by atoms with Gasteiger partial charge in [0.25, 0.3) is 0 Å². The van der Waals surface area contributed by atoms with Crippen LogP contribution in [0.5, 0.6) is 0 Å².